The molecule has 0 bridgehead atoms. The van der Waals surface area contributed by atoms with Crippen LogP contribution in [0, 0.1) is 34.5 Å². The summed E-state index contributed by atoms with van der Waals surface area (Å²) in [6.45, 7) is 67.0. The Morgan fingerprint density at radius 2 is 0.774 bits per heavy atom. The molecule has 8 nitrogen and oxygen atoms in total. The molecule has 8 heteroatoms. The molecule has 0 aromatic carbocycles. The number of carbonyl (C=O) groups excluding carboxylic acids is 2. The highest BCUT2D eigenvalue weighted by molar-refractivity contribution is 5.72. The van der Waals surface area contributed by atoms with Crippen molar-refractivity contribution in [3.05, 3.63) is 25.3 Å². The van der Waals surface area contributed by atoms with Gasteiger partial charge in [0.2, 0.25) is 0 Å². The summed E-state index contributed by atoms with van der Waals surface area (Å²) in [6, 6.07) is 1.75. The van der Waals surface area contributed by atoms with Gasteiger partial charge in [-0.1, -0.05) is 137 Å². The fraction of sp³-hybridized carbons (Fsp3) is 0.756. The van der Waals surface area contributed by atoms with Gasteiger partial charge in [0, 0.05) is 14.0 Å². The van der Waals surface area contributed by atoms with Gasteiger partial charge in [-0.2, -0.15) is 5.26 Å². The number of rotatable bonds is 3. The zero-order chi connectivity index (χ0) is 48.7. The Bertz CT molecular complexity index is 502. The van der Waals surface area contributed by atoms with Crippen molar-refractivity contribution in [2.45, 2.75) is 199 Å². The molecule has 0 unspecified atom stereocenters. The third-order valence-electron chi connectivity index (χ3n) is 1.30. The van der Waals surface area contributed by atoms with E-state index in [4.69, 9.17) is 20.9 Å². The number of nitriles is 1. The maximum absolute atomic E-state index is 9.44. The number of hydrogen-bond acceptors (Lipinski definition) is 8. The number of nitrogens with zero attached hydrogens (tertiary/aromatic N) is 2. The van der Waals surface area contributed by atoms with E-state index in [1.807, 2.05) is 96.9 Å². The van der Waals surface area contributed by atoms with Crippen LogP contribution in [0.25, 0.3) is 0 Å². The predicted molar refractivity (Wildman–Crippen MR) is 256 cm³/mol. The van der Waals surface area contributed by atoms with Crippen LogP contribution in [0.15, 0.2) is 30.3 Å². The Balaban J connectivity index is -0.0000000177. The van der Waals surface area contributed by atoms with Gasteiger partial charge in [0.1, 0.15) is 11.6 Å². The molecule has 0 aromatic heterocycles. The maximum Gasteiger partial charge on any atom is 0.126 e. The van der Waals surface area contributed by atoms with Crippen molar-refractivity contribution in [3.8, 4) is 18.4 Å². The molecule has 0 aliphatic rings. The van der Waals surface area contributed by atoms with E-state index in [1.165, 1.54) is 46.6 Å². The smallest absolute Gasteiger partial charge is 0.126 e. The molecule has 53 heavy (non-hydrogen) atoms. The number of aliphatic hydroxyl groups is 2. The van der Waals surface area contributed by atoms with Crippen molar-refractivity contribution >= 4 is 25.0 Å². The predicted octanol–water partition coefficient (Wildman–Crippen LogP) is 13.9. The van der Waals surface area contributed by atoms with Gasteiger partial charge >= 0.3 is 0 Å². The van der Waals surface area contributed by atoms with Gasteiger partial charge in [-0.3, -0.25) is 0 Å². The number of likely N-dealkylation sites (N-methyl/N-ethyl adjacent to an activating group) is 1. The molecule has 0 spiro atoms. The van der Waals surface area contributed by atoms with Crippen LogP contribution < -0.4 is 5.32 Å². The first-order chi connectivity index (χ1) is 24.5. The number of ketones is 2. The molecule has 0 aliphatic heterocycles. The first-order valence-corrected chi connectivity index (χ1v) is 18.9. The molecule has 0 heterocycles. The molecule has 0 aromatic rings. The van der Waals surface area contributed by atoms with Crippen LogP contribution in [0.3, 0.4) is 0 Å². The molecule has 332 valence electrons. The van der Waals surface area contributed by atoms with Crippen molar-refractivity contribution < 1.29 is 19.8 Å². The van der Waals surface area contributed by atoms with Gasteiger partial charge in [-0.25, -0.2) is 0 Å². The summed E-state index contributed by atoms with van der Waals surface area (Å²) < 4.78 is 0. The van der Waals surface area contributed by atoms with Crippen molar-refractivity contribution in [3.63, 3.8) is 0 Å². The fourth-order valence-electron chi connectivity index (χ4n) is 0.208. The standard InChI is InChI=1S/C5H13NO2.C5H12.C4H8.2C3H6O.C3H8.C3H4.C2H5N.C2H3N.6C2H6.C2H4.CH3N/c1-5(3-7,4-8)6-2;1-5(2,3)4;1-4(2)3;2*1-3(2)4;3*1-3-2;1-2-3;8*1-2/h6-8H,3-4H2,1-2H3;1-4H3;1H2,2-3H3;2*1-2H3;3H2,1-2H3;1H,2H3;1H2,2H3;1H3;6*1-2H3;1-2H2;2H,1H2. The molecule has 0 aliphatic carbocycles. The van der Waals surface area contributed by atoms with E-state index in [0.717, 1.165) is 0 Å². The normalized spacial score (nSPS) is 6.13. The van der Waals surface area contributed by atoms with Crippen LogP contribution in [-0.2, 0) is 9.59 Å². The molecule has 0 amide bonds. The minimum atomic E-state index is -0.514. The van der Waals surface area contributed by atoms with Crippen LogP contribution >= 0.6 is 0 Å². The zero-order valence-corrected chi connectivity index (χ0v) is 42.3. The Kier molecular flexibility index (Phi) is 375. The van der Waals surface area contributed by atoms with Gasteiger partial charge in [0.15, 0.2) is 0 Å². The topological polar surface area (TPSA) is 147 Å². The van der Waals surface area contributed by atoms with Crippen molar-refractivity contribution in [2.75, 3.05) is 27.3 Å². The van der Waals surface area contributed by atoms with E-state index in [1.54, 1.807) is 34.0 Å². The minimum Gasteiger partial charge on any atom is -0.394 e. The highest BCUT2D eigenvalue weighted by atomic mass is 16.3. The van der Waals surface area contributed by atoms with Crippen molar-refractivity contribution in [1.82, 2.24) is 5.32 Å². The first kappa shape index (κ1) is 110. The van der Waals surface area contributed by atoms with E-state index >= 15 is 0 Å². The molecule has 0 radical (unpaired) electrons. The Hall–Kier alpha value is -2.91. The van der Waals surface area contributed by atoms with Crippen LogP contribution in [0.5, 0.6) is 0 Å². The van der Waals surface area contributed by atoms with Gasteiger partial charge < -0.3 is 35.5 Å². The third kappa shape index (κ3) is 2940. The molecule has 0 fully saturated rings. The van der Waals surface area contributed by atoms with Crippen LogP contribution in [-0.4, -0.2) is 68.1 Å². The molecule has 0 atom stereocenters. The second-order valence-corrected chi connectivity index (χ2v) is 9.69. The minimum absolute atomic E-state index is 0.0417. The number of allylic oxidation sites excluding steroid dienone is 1. The lowest BCUT2D eigenvalue weighted by Crippen LogP contribution is -2.46. The monoisotopic (exact) mass is 769 g/mol. The Morgan fingerprint density at radius 3 is 0.774 bits per heavy atom. The van der Waals surface area contributed by atoms with Crippen molar-refractivity contribution in [1.29, 1.82) is 10.7 Å². The molecule has 0 saturated heterocycles. The Morgan fingerprint density at radius 1 is 0.717 bits per heavy atom. The number of carbonyl (C=O) groups is 2. The highest BCUT2D eigenvalue weighted by Gasteiger charge is 2.17. The average molecular weight is 769 g/mol. The summed E-state index contributed by atoms with van der Waals surface area (Å²) >= 11 is 0. The van der Waals surface area contributed by atoms with Gasteiger partial charge in [-0.15, -0.1) is 32.1 Å². The van der Waals surface area contributed by atoms with E-state index in [2.05, 4.69) is 97.4 Å². The molecule has 0 rings (SSSR count). The number of aliphatic imine (C=N–C) groups is 1. The van der Waals surface area contributed by atoms with Crippen molar-refractivity contribution in [2.24, 2.45) is 10.4 Å². The molecular formula is C45H108N4O4. The van der Waals surface area contributed by atoms with Crippen LogP contribution in [0.1, 0.15) is 193 Å². The average Bonchev–Trinajstić information content (AvgIpc) is 3.11. The largest absolute Gasteiger partial charge is 0.394 e. The summed E-state index contributed by atoms with van der Waals surface area (Å²) in [7, 11) is 3.34. The number of hydrogen-bond donors (Lipinski definition) is 4. The SMILES string of the molecule is C#CC.C=C.C=C(C)C.C=N.C=NC.CC.CC.CC.CC.CC.CC.CC#N.CC(C)(C)C.CC(C)=O.CC(C)=O.CCC.CNC(C)(CO)CO. The Labute approximate surface area is 340 Å². The zero-order valence-electron chi connectivity index (χ0n) is 42.3. The summed E-state index contributed by atoms with van der Waals surface area (Å²) in [5.41, 5.74) is 1.15. The first-order valence-electron chi connectivity index (χ1n) is 18.9. The lowest BCUT2D eigenvalue weighted by Gasteiger charge is -2.23. The van der Waals surface area contributed by atoms with E-state index in [-0.39, 0.29) is 24.8 Å². The summed E-state index contributed by atoms with van der Waals surface area (Å²) in [5.74, 6) is 2.58. The quantitative estimate of drug-likeness (QED) is 0.128. The highest BCUT2D eigenvalue weighted by Crippen LogP contribution is 2.08. The third-order valence-corrected chi connectivity index (χ3v) is 1.30. The lowest BCUT2D eigenvalue weighted by molar-refractivity contribution is -0.115. The van der Waals surface area contributed by atoms with E-state index < -0.39 is 5.54 Å². The number of terminal acetylenes is 1. The van der Waals surface area contributed by atoms with E-state index in [9.17, 15) is 9.59 Å². The summed E-state index contributed by atoms with van der Waals surface area (Å²) in [5, 5.41) is 32.7. The van der Waals surface area contributed by atoms with E-state index in [0.29, 0.717) is 5.41 Å². The summed E-state index contributed by atoms with van der Waals surface area (Å²) in [4.78, 5) is 22.1. The van der Waals surface area contributed by atoms with Gasteiger partial charge in [0.25, 0.3) is 0 Å². The molecule has 0 saturated carbocycles. The molecule has 4 N–H and O–H groups in total. The maximum atomic E-state index is 9.44. The number of Topliss-reactive ketones (excluding diaryl/α,β-unsaturated/α-hetero) is 2. The summed E-state index contributed by atoms with van der Waals surface area (Å²) in [6.07, 6.45) is 5.85. The van der Waals surface area contributed by atoms with Crippen LogP contribution in [0.2, 0.25) is 0 Å². The second-order valence-electron chi connectivity index (χ2n) is 9.69. The lowest BCUT2D eigenvalue weighted by atomic mass is 10.0. The van der Waals surface area contributed by atoms with Crippen LogP contribution in [0.4, 0.5) is 0 Å². The second kappa shape index (κ2) is 180. The van der Waals surface area contributed by atoms with Gasteiger partial charge in [0.05, 0.1) is 24.8 Å². The fourth-order valence-corrected chi connectivity index (χ4v) is 0.208. The van der Waals surface area contributed by atoms with Gasteiger partial charge in [-0.05, 0) is 81.3 Å². The number of aliphatic hydroxyl groups excluding tert-OH is 2. The molecular weight excluding hydrogens is 661 g/mol. The number of nitrogens with one attached hydrogen (secondary N) is 2.